The van der Waals surface area contributed by atoms with Gasteiger partial charge in [0.25, 0.3) is 0 Å². The van der Waals surface area contributed by atoms with Crippen LogP contribution in [0.15, 0.2) is 79.9 Å². The molecule has 1 aromatic heterocycles. The average molecular weight is 571 g/mol. The van der Waals surface area contributed by atoms with Crippen LogP contribution in [-0.4, -0.2) is 42.1 Å². The Morgan fingerprint density at radius 1 is 0.810 bits per heavy atom. The lowest BCUT2D eigenvalue weighted by molar-refractivity contribution is -0.138. The van der Waals surface area contributed by atoms with E-state index < -0.39 is 23.9 Å². The van der Waals surface area contributed by atoms with Gasteiger partial charge in [0.1, 0.15) is 29.0 Å². The molecule has 214 valence electrons. The summed E-state index contributed by atoms with van der Waals surface area (Å²) in [4.78, 5) is 51.7. The molecular weight excluding hydrogens is 544 g/mol. The van der Waals surface area contributed by atoms with Crippen molar-refractivity contribution in [3.63, 3.8) is 0 Å². The van der Waals surface area contributed by atoms with Crippen molar-refractivity contribution in [1.29, 1.82) is 5.26 Å². The number of carbonyl (C=O) groups excluding carboxylic acids is 4. The Morgan fingerprint density at radius 2 is 1.48 bits per heavy atom. The molecule has 0 aliphatic heterocycles. The molecule has 0 aliphatic carbocycles. The largest absolute Gasteiger partial charge is 0.494 e. The Hall–Kier alpha value is -5.76. The average Bonchev–Trinajstić information content (AvgIpc) is 3.00. The van der Waals surface area contributed by atoms with Gasteiger partial charge in [-0.25, -0.2) is 24.2 Å². The third kappa shape index (κ3) is 8.89. The first-order chi connectivity index (χ1) is 20.2. The van der Waals surface area contributed by atoms with Gasteiger partial charge in [-0.2, -0.15) is 5.26 Å². The van der Waals surface area contributed by atoms with E-state index in [2.05, 4.69) is 18.1 Å². The van der Waals surface area contributed by atoms with Gasteiger partial charge in [-0.05, 0) is 68.3 Å². The Morgan fingerprint density at radius 3 is 2.14 bits per heavy atom. The second kappa shape index (κ2) is 15.1. The predicted molar refractivity (Wildman–Crippen MR) is 148 cm³/mol. The van der Waals surface area contributed by atoms with E-state index in [1.165, 1.54) is 42.5 Å². The Balaban J connectivity index is 1.55. The van der Waals surface area contributed by atoms with Crippen LogP contribution in [0.4, 0.5) is 0 Å². The zero-order valence-electron chi connectivity index (χ0n) is 22.7. The Bertz CT molecular complexity index is 1540. The molecule has 0 N–H and O–H groups in total. The summed E-state index contributed by atoms with van der Waals surface area (Å²) in [5.74, 6) is -1.96. The normalized spacial score (nSPS) is 10.0. The van der Waals surface area contributed by atoms with Crippen molar-refractivity contribution in [2.45, 2.75) is 19.8 Å². The minimum Gasteiger partial charge on any atom is -0.494 e. The summed E-state index contributed by atoms with van der Waals surface area (Å²) in [6.45, 7) is 8.86. The van der Waals surface area contributed by atoms with Crippen LogP contribution >= 0.6 is 0 Å². The van der Waals surface area contributed by atoms with Gasteiger partial charge >= 0.3 is 23.9 Å². The number of pyridine rings is 1. The molecule has 0 amide bonds. The van der Waals surface area contributed by atoms with Crippen LogP contribution in [0, 0.1) is 18.3 Å². The standard InChI is InChI=1S/C31H26N2O9/c1-4-28(34)39-17-7-6-16-38-23-10-8-21(9-11-23)30(36)40-24-12-14-27(22(18-24)19-32)42-31(37)25-13-15-26(20(3)33-25)41-29(35)5-2/h4-5,8-15,18H,1-2,6-7,16-17H2,3H3. The minimum absolute atomic E-state index is 0.0510. The van der Waals surface area contributed by atoms with E-state index >= 15 is 0 Å². The van der Waals surface area contributed by atoms with E-state index in [9.17, 15) is 24.4 Å². The third-order valence-corrected chi connectivity index (χ3v) is 5.42. The number of benzene rings is 2. The summed E-state index contributed by atoms with van der Waals surface area (Å²) in [5.41, 5.74) is 0.388. The molecule has 0 spiro atoms. The van der Waals surface area contributed by atoms with Crippen LogP contribution in [0.2, 0.25) is 0 Å². The van der Waals surface area contributed by atoms with Crippen molar-refractivity contribution < 1.29 is 42.9 Å². The van der Waals surface area contributed by atoms with Gasteiger partial charge < -0.3 is 23.7 Å². The van der Waals surface area contributed by atoms with Crippen molar-refractivity contribution in [2.24, 2.45) is 0 Å². The number of hydrogen-bond acceptors (Lipinski definition) is 11. The molecular formula is C31H26N2O9. The number of aryl methyl sites for hydroxylation is 1. The van der Waals surface area contributed by atoms with Crippen molar-refractivity contribution >= 4 is 23.9 Å². The predicted octanol–water partition coefficient (Wildman–Crippen LogP) is 4.68. The maximum Gasteiger partial charge on any atom is 0.362 e. The molecule has 11 heteroatoms. The van der Waals surface area contributed by atoms with E-state index in [-0.39, 0.29) is 46.4 Å². The smallest absolute Gasteiger partial charge is 0.362 e. The van der Waals surface area contributed by atoms with Gasteiger partial charge in [0.2, 0.25) is 0 Å². The van der Waals surface area contributed by atoms with Crippen LogP contribution in [0.5, 0.6) is 23.0 Å². The van der Waals surface area contributed by atoms with Crippen LogP contribution in [0.3, 0.4) is 0 Å². The highest BCUT2D eigenvalue weighted by atomic mass is 16.5. The molecule has 11 nitrogen and oxygen atoms in total. The molecule has 0 aliphatic rings. The lowest BCUT2D eigenvalue weighted by atomic mass is 10.2. The summed E-state index contributed by atoms with van der Waals surface area (Å²) < 4.78 is 26.2. The highest BCUT2D eigenvalue weighted by Gasteiger charge is 2.17. The lowest BCUT2D eigenvalue weighted by Crippen LogP contribution is -2.13. The van der Waals surface area contributed by atoms with Crippen molar-refractivity contribution in [3.05, 3.63) is 102 Å². The summed E-state index contributed by atoms with van der Waals surface area (Å²) in [6.07, 6.45) is 3.39. The molecule has 0 unspecified atom stereocenters. The maximum atomic E-state index is 12.6. The highest BCUT2D eigenvalue weighted by Crippen LogP contribution is 2.26. The van der Waals surface area contributed by atoms with Gasteiger partial charge in [0.15, 0.2) is 5.75 Å². The van der Waals surface area contributed by atoms with E-state index in [4.69, 9.17) is 23.7 Å². The molecule has 3 rings (SSSR count). The second-order valence-electron chi connectivity index (χ2n) is 8.41. The van der Waals surface area contributed by atoms with E-state index in [0.717, 1.165) is 12.2 Å². The van der Waals surface area contributed by atoms with Gasteiger partial charge in [-0.1, -0.05) is 13.2 Å². The van der Waals surface area contributed by atoms with E-state index in [1.54, 1.807) is 19.1 Å². The minimum atomic E-state index is -0.848. The quantitative estimate of drug-likeness (QED) is 0.122. The van der Waals surface area contributed by atoms with Crippen LogP contribution < -0.4 is 18.9 Å². The first-order valence-corrected chi connectivity index (χ1v) is 12.6. The molecule has 0 atom stereocenters. The fourth-order valence-electron chi connectivity index (χ4n) is 3.30. The van der Waals surface area contributed by atoms with Gasteiger partial charge in [-0.15, -0.1) is 0 Å². The van der Waals surface area contributed by atoms with Crippen LogP contribution in [0.1, 0.15) is 44.9 Å². The van der Waals surface area contributed by atoms with Crippen molar-refractivity contribution in [2.75, 3.05) is 13.2 Å². The summed E-state index contributed by atoms with van der Waals surface area (Å²) >= 11 is 0. The zero-order valence-corrected chi connectivity index (χ0v) is 22.7. The topological polar surface area (TPSA) is 151 Å². The summed E-state index contributed by atoms with van der Waals surface area (Å²) in [5, 5.41) is 9.56. The maximum absolute atomic E-state index is 12.6. The number of nitriles is 1. The Labute approximate surface area is 241 Å². The highest BCUT2D eigenvalue weighted by molar-refractivity contribution is 5.92. The number of nitrogens with zero attached hydrogens (tertiary/aromatic N) is 2. The number of unbranched alkanes of at least 4 members (excludes halogenated alkanes) is 1. The van der Waals surface area contributed by atoms with E-state index in [0.29, 0.717) is 25.2 Å². The molecule has 0 saturated heterocycles. The molecule has 0 radical (unpaired) electrons. The van der Waals surface area contributed by atoms with Gasteiger partial charge in [-0.3, -0.25) is 0 Å². The van der Waals surface area contributed by atoms with Crippen molar-refractivity contribution in [3.8, 4) is 29.1 Å². The first-order valence-electron chi connectivity index (χ1n) is 12.6. The molecule has 1 heterocycles. The van der Waals surface area contributed by atoms with Crippen molar-refractivity contribution in [1.82, 2.24) is 4.98 Å². The van der Waals surface area contributed by atoms with Gasteiger partial charge in [0.05, 0.1) is 30.0 Å². The van der Waals surface area contributed by atoms with E-state index in [1.807, 2.05) is 6.07 Å². The number of hydrogen-bond donors (Lipinski definition) is 0. The fraction of sp³-hybridized carbons (Fsp3) is 0.161. The number of aromatic nitrogens is 1. The van der Waals surface area contributed by atoms with Crippen LogP contribution in [-0.2, 0) is 14.3 Å². The zero-order chi connectivity index (χ0) is 30.5. The monoisotopic (exact) mass is 570 g/mol. The number of carbonyl (C=O) groups is 4. The SMILES string of the molecule is C=CC(=O)OCCCCOc1ccc(C(=O)Oc2ccc(OC(=O)c3ccc(OC(=O)C=C)c(C)n3)c(C#N)c2)cc1. The lowest BCUT2D eigenvalue weighted by Gasteiger charge is -2.10. The number of ether oxygens (including phenoxy) is 5. The first kappa shape index (κ1) is 30.8. The molecule has 3 aromatic rings. The summed E-state index contributed by atoms with van der Waals surface area (Å²) in [7, 11) is 0. The molecule has 0 saturated carbocycles. The Kier molecular flexibility index (Phi) is 11.1. The number of rotatable bonds is 13. The molecule has 2 aromatic carbocycles. The fourth-order valence-corrected chi connectivity index (χ4v) is 3.30. The second-order valence-corrected chi connectivity index (χ2v) is 8.41. The summed E-state index contributed by atoms with van der Waals surface area (Å²) in [6, 6.07) is 14.9. The number of esters is 4. The van der Waals surface area contributed by atoms with Gasteiger partial charge in [0, 0.05) is 18.2 Å². The molecule has 0 bridgehead atoms. The molecule has 0 fully saturated rings. The molecule has 42 heavy (non-hydrogen) atoms. The van der Waals surface area contributed by atoms with Crippen LogP contribution in [0.25, 0.3) is 0 Å². The third-order valence-electron chi connectivity index (χ3n) is 5.42.